The van der Waals surface area contributed by atoms with Gasteiger partial charge in [0.2, 0.25) is 5.91 Å². The Hall–Kier alpha value is -1.94. The lowest BCUT2D eigenvalue weighted by molar-refractivity contribution is -0.189. The maximum atomic E-state index is 13.7. The van der Waals surface area contributed by atoms with Crippen molar-refractivity contribution in [3.63, 3.8) is 0 Å². The third kappa shape index (κ3) is 7.71. The minimum atomic E-state index is -4.86. The van der Waals surface area contributed by atoms with Crippen molar-refractivity contribution >= 4 is 22.9 Å². The predicted octanol–water partition coefficient (Wildman–Crippen LogP) is 3.04. The van der Waals surface area contributed by atoms with Gasteiger partial charge in [-0.25, -0.2) is 13.7 Å². The predicted molar refractivity (Wildman–Crippen MR) is 109 cm³/mol. The summed E-state index contributed by atoms with van der Waals surface area (Å²) in [6, 6.07) is 7.57. The SMILES string of the molecule is CCOC(=O)[C@H](Cc1ccccc1)NC(=O)C[C@@](C)(N[S@@](=O)C(C)(C)C)C(F)(F)F. The van der Waals surface area contributed by atoms with Crippen LogP contribution in [0.15, 0.2) is 30.3 Å². The van der Waals surface area contributed by atoms with Crippen molar-refractivity contribution in [1.82, 2.24) is 10.0 Å². The minimum Gasteiger partial charge on any atom is -0.464 e. The van der Waals surface area contributed by atoms with E-state index in [1.807, 2.05) is 0 Å². The van der Waals surface area contributed by atoms with Crippen LogP contribution < -0.4 is 10.0 Å². The van der Waals surface area contributed by atoms with E-state index in [9.17, 15) is 27.0 Å². The second-order valence-electron chi connectivity index (χ2n) is 8.05. The van der Waals surface area contributed by atoms with Crippen LogP contribution in [0.1, 0.15) is 46.6 Å². The van der Waals surface area contributed by atoms with Gasteiger partial charge in [-0.3, -0.25) is 4.79 Å². The number of hydrogen-bond acceptors (Lipinski definition) is 4. The number of ether oxygens (including phenoxy) is 1. The maximum Gasteiger partial charge on any atom is 0.407 e. The molecule has 0 aliphatic heterocycles. The highest BCUT2D eigenvalue weighted by Crippen LogP contribution is 2.34. The average Bonchev–Trinajstić information content (AvgIpc) is 2.60. The Morgan fingerprint density at radius 3 is 2.13 bits per heavy atom. The van der Waals surface area contributed by atoms with Crippen molar-refractivity contribution in [2.75, 3.05) is 6.61 Å². The number of hydrogen-bond donors (Lipinski definition) is 2. The van der Waals surface area contributed by atoms with Crippen LogP contribution in [0.4, 0.5) is 13.2 Å². The standard InChI is InChI=1S/C20H29F3N2O4S/c1-6-29-17(27)15(12-14-10-8-7-9-11-14)24-16(26)13-19(5,20(21,22)23)25-30(28)18(2,3)4/h7-11,15,25H,6,12-13H2,1-5H3,(H,24,26)/t15-,19+,30-/m0/s1. The molecule has 0 radical (unpaired) electrons. The van der Waals surface area contributed by atoms with Crippen LogP contribution in [0.3, 0.4) is 0 Å². The number of alkyl halides is 3. The van der Waals surface area contributed by atoms with Gasteiger partial charge in [-0.15, -0.1) is 0 Å². The number of benzene rings is 1. The molecule has 0 bridgehead atoms. The molecular weight excluding hydrogens is 421 g/mol. The lowest BCUT2D eigenvalue weighted by atomic mass is 9.97. The van der Waals surface area contributed by atoms with Crippen LogP contribution >= 0.6 is 0 Å². The molecule has 170 valence electrons. The molecule has 0 saturated heterocycles. The van der Waals surface area contributed by atoms with Crippen molar-refractivity contribution in [2.45, 2.75) is 70.0 Å². The number of carbonyl (C=O) groups excluding carboxylic acids is 2. The van der Waals surface area contributed by atoms with E-state index in [1.54, 1.807) is 37.3 Å². The van der Waals surface area contributed by atoms with E-state index in [4.69, 9.17) is 4.74 Å². The van der Waals surface area contributed by atoms with Gasteiger partial charge in [0.15, 0.2) is 0 Å². The number of amides is 1. The molecule has 0 spiro atoms. The van der Waals surface area contributed by atoms with Crippen LogP contribution in [0, 0.1) is 0 Å². The number of rotatable bonds is 9. The summed E-state index contributed by atoms with van der Waals surface area (Å²) in [5.74, 6) is -1.75. The molecule has 0 aliphatic rings. The first-order valence-electron chi connectivity index (χ1n) is 9.46. The molecule has 0 saturated carbocycles. The molecule has 0 fully saturated rings. The Morgan fingerprint density at radius 1 is 1.10 bits per heavy atom. The smallest absolute Gasteiger partial charge is 0.407 e. The zero-order chi connectivity index (χ0) is 23.2. The largest absolute Gasteiger partial charge is 0.464 e. The van der Waals surface area contributed by atoms with Gasteiger partial charge < -0.3 is 10.1 Å². The van der Waals surface area contributed by atoms with E-state index >= 15 is 0 Å². The van der Waals surface area contributed by atoms with Crippen molar-refractivity contribution in [1.29, 1.82) is 0 Å². The van der Waals surface area contributed by atoms with Crippen LogP contribution in [0.2, 0.25) is 0 Å². The van der Waals surface area contributed by atoms with Gasteiger partial charge >= 0.3 is 12.1 Å². The van der Waals surface area contributed by atoms with Crippen molar-refractivity contribution in [3.8, 4) is 0 Å². The van der Waals surface area contributed by atoms with Gasteiger partial charge in [0.25, 0.3) is 0 Å². The molecule has 6 nitrogen and oxygen atoms in total. The fourth-order valence-corrected chi connectivity index (χ4v) is 3.31. The summed E-state index contributed by atoms with van der Waals surface area (Å²) in [5.41, 5.74) is -2.04. The van der Waals surface area contributed by atoms with Crippen LogP contribution in [-0.4, -0.2) is 45.2 Å². The summed E-state index contributed by atoms with van der Waals surface area (Å²) in [6.07, 6.45) is -5.84. The van der Waals surface area contributed by atoms with E-state index in [1.165, 1.54) is 20.8 Å². The van der Waals surface area contributed by atoms with Crippen LogP contribution in [0.5, 0.6) is 0 Å². The lowest BCUT2D eigenvalue weighted by Gasteiger charge is -2.34. The first-order valence-corrected chi connectivity index (χ1v) is 10.6. The molecule has 0 aromatic heterocycles. The Bertz CT molecular complexity index is 751. The van der Waals surface area contributed by atoms with E-state index in [2.05, 4.69) is 10.0 Å². The van der Waals surface area contributed by atoms with Gasteiger partial charge in [0.1, 0.15) is 11.6 Å². The highest BCUT2D eigenvalue weighted by atomic mass is 32.2. The second-order valence-corrected chi connectivity index (χ2v) is 10.0. The zero-order valence-corrected chi connectivity index (χ0v) is 18.6. The highest BCUT2D eigenvalue weighted by molar-refractivity contribution is 7.84. The Morgan fingerprint density at radius 2 is 1.67 bits per heavy atom. The van der Waals surface area contributed by atoms with Gasteiger partial charge in [0, 0.05) is 6.42 Å². The normalized spacial score (nSPS) is 16.3. The van der Waals surface area contributed by atoms with Crippen molar-refractivity contribution in [3.05, 3.63) is 35.9 Å². The summed E-state index contributed by atoms with van der Waals surface area (Å²) < 4.78 is 59.4. The fourth-order valence-electron chi connectivity index (χ4n) is 2.40. The van der Waals surface area contributed by atoms with E-state index < -0.39 is 51.8 Å². The summed E-state index contributed by atoms with van der Waals surface area (Å²) in [6.45, 7) is 6.97. The molecule has 0 aliphatic carbocycles. The molecule has 0 heterocycles. The number of carbonyl (C=O) groups is 2. The van der Waals surface area contributed by atoms with Crippen molar-refractivity contribution < 1.29 is 31.7 Å². The topological polar surface area (TPSA) is 84.5 Å². The number of esters is 1. The summed E-state index contributed by atoms with van der Waals surface area (Å²) >= 11 is 0. The van der Waals surface area contributed by atoms with Crippen LogP contribution in [-0.2, 0) is 31.7 Å². The molecule has 1 rings (SSSR count). The Balaban J connectivity index is 3.02. The number of halogens is 3. The summed E-state index contributed by atoms with van der Waals surface area (Å²) in [5, 5.41) is 2.34. The Labute approximate surface area is 177 Å². The molecular formula is C20H29F3N2O4S. The first-order chi connectivity index (χ1) is 13.7. The maximum absolute atomic E-state index is 13.7. The van der Waals surface area contributed by atoms with E-state index in [0.717, 1.165) is 6.92 Å². The molecule has 1 aromatic carbocycles. The number of nitrogens with one attached hydrogen (secondary N) is 2. The molecule has 0 unspecified atom stereocenters. The fraction of sp³-hybridized carbons (Fsp3) is 0.600. The monoisotopic (exact) mass is 450 g/mol. The van der Waals surface area contributed by atoms with E-state index in [0.29, 0.717) is 5.56 Å². The third-order valence-corrected chi connectivity index (χ3v) is 5.95. The van der Waals surface area contributed by atoms with Gasteiger partial charge in [-0.2, -0.15) is 13.2 Å². The summed E-state index contributed by atoms with van der Waals surface area (Å²) in [7, 11) is -2.07. The minimum absolute atomic E-state index is 0.0619. The first kappa shape index (κ1) is 26.1. The molecule has 3 atom stereocenters. The van der Waals surface area contributed by atoms with Gasteiger partial charge in [-0.05, 0) is 40.2 Å². The van der Waals surface area contributed by atoms with Gasteiger partial charge in [-0.1, -0.05) is 30.3 Å². The molecule has 2 N–H and O–H groups in total. The average molecular weight is 451 g/mol. The quantitative estimate of drug-likeness (QED) is 0.567. The zero-order valence-electron chi connectivity index (χ0n) is 17.8. The third-order valence-electron chi connectivity index (χ3n) is 4.20. The molecule has 10 heteroatoms. The molecule has 1 amide bonds. The summed E-state index contributed by atoms with van der Waals surface area (Å²) in [4.78, 5) is 24.7. The molecule has 1 aromatic rings. The lowest BCUT2D eigenvalue weighted by Crippen LogP contribution is -2.60. The van der Waals surface area contributed by atoms with Crippen molar-refractivity contribution in [2.24, 2.45) is 0 Å². The van der Waals surface area contributed by atoms with Gasteiger partial charge in [0.05, 0.1) is 28.8 Å². The van der Waals surface area contributed by atoms with Crippen LogP contribution in [0.25, 0.3) is 0 Å². The Kier molecular flexibility index (Phi) is 9.04. The second kappa shape index (κ2) is 10.4. The molecule has 30 heavy (non-hydrogen) atoms. The highest BCUT2D eigenvalue weighted by Gasteiger charge is 2.54. The van der Waals surface area contributed by atoms with E-state index in [-0.39, 0.29) is 13.0 Å².